The number of nitrogens with zero attached hydrogens (tertiary/aromatic N) is 3. The number of fused-ring (bicyclic) bond motifs is 1. The summed E-state index contributed by atoms with van der Waals surface area (Å²) >= 11 is 6.43. The first-order valence-corrected chi connectivity index (χ1v) is 12.2. The smallest absolute Gasteiger partial charge is 0.276 e. The summed E-state index contributed by atoms with van der Waals surface area (Å²) in [6.45, 7) is 7.41. The van der Waals surface area contributed by atoms with Gasteiger partial charge in [-0.2, -0.15) is 0 Å². The first-order valence-electron chi connectivity index (χ1n) is 11.8. The average Bonchev–Trinajstić information content (AvgIpc) is 3.10. The molecule has 1 aromatic carbocycles. The van der Waals surface area contributed by atoms with Crippen LogP contribution in [0.15, 0.2) is 71.6 Å². The Morgan fingerprint density at radius 2 is 1.81 bits per heavy atom. The molecule has 0 aliphatic heterocycles. The predicted molar refractivity (Wildman–Crippen MR) is 144 cm³/mol. The van der Waals surface area contributed by atoms with Gasteiger partial charge in [0.15, 0.2) is 22.6 Å². The lowest BCUT2D eigenvalue weighted by Gasteiger charge is -2.30. The molecule has 2 heterocycles. The summed E-state index contributed by atoms with van der Waals surface area (Å²) in [7, 11) is 0. The number of aromatic nitrogens is 2. The van der Waals surface area contributed by atoms with Crippen LogP contribution in [0.2, 0.25) is 5.02 Å². The molecule has 0 atom stereocenters. The molecule has 3 aromatic rings. The van der Waals surface area contributed by atoms with E-state index in [0.717, 1.165) is 11.4 Å². The molecule has 186 valence electrons. The Kier molecular flexibility index (Phi) is 7.40. The lowest BCUT2D eigenvalue weighted by molar-refractivity contribution is 0.0632. The predicted octanol–water partition coefficient (Wildman–Crippen LogP) is 6.55. The van der Waals surface area contributed by atoms with Gasteiger partial charge in [0.05, 0.1) is 10.4 Å². The number of rotatable bonds is 6. The van der Waals surface area contributed by atoms with Crippen LogP contribution in [0.3, 0.4) is 0 Å². The molecule has 0 radical (unpaired) electrons. The third kappa shape index (κ3) is 4.84. The normalized spacial score (nSPS) is 13.3. The summed E-state index contributed by atoms with van der Waals surface area (Å²) in [6.07, 6.45) is 10.0. The molecule has 0 fully saturated rings. The van der Waals surface area contributed by atoms with Crippen molar-refractivity contribution in [3.63, 3.8) is 0 Å². The highest BCUT2D eigenvalue weighted by molar-refractivity contribution is 6.35. The van der Waals surface area contributed by atoms with Crippen molar-refractivity contribution >= 4 is 45.7 Å². The van der Waals surface area contributed by atoms with Crippen LogP contribution in [-0.2, 0) is 0 Å². The van der Waals surface area contributed by atoms with Gasteiger partial charge in [-0.05, 0) is 45.9 Å². The molecule has 0 saturated heterocycles. The van der Waals surface area contributed by atoms with E-state index in [1.165, 1.54) is 6.07 Å². The number of para-hydroxylation sites is 1. The quantitative estimate of drug-likeness (QED) is 0.411. The van der Waals surface area contributed by atoms with Crippen LogP contribution in [0.5, 0.6) is 0 Å². The summed E-state index contributed by atoms with van der Waals surface area (Å²) in [6, 6.07) is 10.3. The van der Waals surface area contributed by atoms with Crippen LogP contribution in [0.25, 0.3) is 16.7 Å². The van der Waals surface area contributed by atoms with Crippen molar-refractivity contribution in [1.82, 2.24) is 14.5 Å². The zero-order chi connectivity index (χ0) is 26.0. The van der Waals surface area contributed by atoms with Crippen LogP contribution in [-0.4, -0.2) is 32.4 Å². The summed E-state index contributed by atoms with van der Waals surface area (Å²) in [5.74, 6) is -1.16. The van der Waals surface area contributed by atoms with Gasteiger partial charge in [0, 0.05) is 36.0 Å². The van der Waals surface area contributed by atoms with E-state index in [-0.39, 0.29) is 23.1 Å². The fourth-order valence-corrected chi connectivity index (χ4v) is 4.66. The number of nitrogens with one attached hydrogen (secondary N) is 1. The minimum atomic E-state index is -0.998. The van der Waals surface area contributed by atoms with Gasteiger partial charge in [-0.3, -0.25) is 14.2 Å². The number of anilines is 2. The fraction of sp³-hybridized carbons (Fsp3) is 0.250. The average molecular weight is 507 g/mol. The number of pyridine rings is 2. The number of allylic oxidation sites excluding steroid dienone is 6. The molecule has 1 aliphatic carbocycles. The molecule has 0 saturated carbocycles. The van der Waals surface area contributed by atoms with Gasteiger partial charge in [0.2, 0.25) is 0 Å². The van der Waals surface area contributed by atoms with Crippen molar-refractivity contribution in [1.29, 1.82) is 0 Å². The Hall–Kier alpha value is -3.71. The maximum absolute atomic E-state index is 15.5. The summed E-state index contributed by atoms with van der Waals surface area (Å²) < 4.78 is 17.2. The molecule has 1 aliphatic rings. The van der Waals surface area contributed by atoms with E-state index in [9.17, 15) is 9.59 Å². The lowest BCUT2D eigenvalue weighted by Crippen LogP contribution is -2.43. The van der Waals surface area contributed by atoms with Crippen molar-refractivity contribution in [3.8, 4) is 0 Å². The van der Waals surface area contributed by atoms with E-state index < -0.39 is 27.9 Å². The van der Waals surface area contributed by atoms with Crippen molar-refractivity contribution in [3.05, 3.63) is 93.5 Å². The molecule has 36 heavy (non-hydrogen) atoms. The Bertz CT molecular complexity index is 1450. The Morgan fingerprint density at radius 3 is 2.47 bits per heavy atom. The highest BCUT2D eigenvalue weighted by atomic mass is 35.5. The number of hydrogen-bond donors (Lipinski definition) is 1. The van der Waals surface area contributed by atoms with Crippen LogP contribution in [0.1, 0.15) is 44.6 Å². The highest BCUT2D eigenvalue weighted by Crippen LogP contribution is 2.32. The molecule has 8 heteroatoms. The third-order valence-electron chi connectivity index (χ3n) is 5.89. The fourth-order valence-electron chi connectivity index (χ4n) is 4.39. The van der Waals surface area contributed by atoms with Gasteiger partial charge in [-0.15, -0.1) is 0 Å². The van der Waals surface area contributed by atoms with Crippen molar-refractivity contribution < 1.29 is 9.18 Å². The molecule has 2 aromatic heterocycles. The second kappa shape index (κ2) is 10.5. The number of amides is 1. The molecular formula is C28H28ClFN4O2. The minimum absolute atomic E-state index is 0.0805. The topological polar surface area (TPSA) is 67.2 Å². The molecule has 0 spiro atoms. The van der Waals surface area contributed by atoms with E-state index in [4.69, 9.17) is 11.6 Å². The SMILES string of the molecule is CC(C)N(C(=O)c1nc2c(c(Cl)c1F)c(=O)cc(Nc1ccccc1)n2C1=CC=CC=CC1)C(C)C. The number of carbonyl (C=O) groups is 1. The minimum Gasteiger partial charge on any atom is -0.341 e. The lowest BCUT2D eigenvalue weighted by atomic mass is 10.1. The summed E-state index contributed by atoms with van der Waals surface area (Å²) in [5, 5.41) is 2.77. The van der Waals surface area contributed by atoms with Crippen molar-refractivity contribution in [2.24, 2.45) is 0 Å². The van der Waals surface area contributed by atoms with Gasteiger partial charge >= 0.3 is 0 Å². The van der Waals surface area contributed by atoms with Crippen LogP contribution >= 0.6 is 11.6 Å². The van der Waals surface area contributed by atoms with E-state index in [0.29, 0.717) is 12.2 Å². The monoisotopic (exact) mass is 506 g/mol. The van der Waals surface area contributed by atoms with Crippen molar-refractivity contribution in [2.75, 3.05) is 5.32 Å². The van der Waals surface area contributed by atoms with E-state index >= 15 is 4.39 Å². The standard InChI is InChI=1S/C28H28ClFN4O2/c1-17(2)33(18(3)4)28(36)26-25(30)24(29)23-21(35)16-22(31-19-12-8-7-9-13-19)34(27(23)32-26)20-14-10-5-6-11-15-20/h5-14,16-18,31H,15H2,1-4H3. The molecule has 6 nitrogen and oxygen atoms in total. The first-order chi connectivity index (χ1) is 17.2. The molecule has 4 rings (SSSR count). The number of halogens is 2. The Labute approximate surface area is 214 Å². The number of carbonyl (C=O) groups excluding carboxylic acids is 1. The van der Waals surface area contributed by atoms with Gasteiger partial charge in [-0.1, -0.05) is 54.1 Å². The zero-order valence-corrected chi connectivity index (χ0v) is 21.4. The Morgan fingerprint density at radius 1 is 1.11 bits per heavy atom. The summed E-state index contributed by atoms with van der Waals surface area (Å²) in [5.41, 5.74) is 0.709. The molecular weight excluding hydrogens is 479 g/mol. The molecule has 1 N–H and O–H groups in total. The second-order valence-corrected chi connectivity index (χ2v) is 9.46. The maximum Gasteiger partial charge on any atom is 0.276 e. The Balaban J connectivity index is 2.05. The van der Waals surface area contributed by atoms with Crippen LogP contribution in [0, 0.1) is 5.82 Å². The molecule has 0 bridgehead atoms. The number of benzene rings is 1. The zero-order valence-electron chi connectivity index (χ0n) is 20.6. The van der Waals surface area contributed by atoms with Crippen molar-refractivity contribution in [2.45, 2.75) is 46.2 Å². The van der Waals surface area contributed by atoms with E-state index in [1.54, 1.807) is 9.47 Å². The van der Waals surface area contributed by atoms with Gasteiger partial charge in [-0.25, -0.2) is 9.37 Å². The van der Waals surface area contributed by atoms with E-state index in [2.05, 4.69) is 10.3 Å². The third-order valence-corrected chi connectivity index (χ3v) is 6.24. The van der Waals surface area contributed by atoms with Gasteiger partial charge in [0.1, 0.15) is 5.82 Å². The largest absolute Gasteiger partial charge is 0.341 e. The molecule has 0 unspecified atom stereocenters. The molecule has 1 amide bonds. The highest BCUT2D eigenvalue weighted by Gasteiger charge is 2.30. The maximum atomic E-state index is 15.5. The van der Waals surface area contributed by atoms with Gasteiger partial charge in [0.25, 0.3) is 5.91 Å². The van der Waals surface area contributed by atoms with E-state index in [1.807, 2.05) is 88.4 Å². The second-order valence-electron chi connectivity index (χ2n) is 9.08. The summed E-state index contributed by atoms with van der Waals surface area (Å²) in [4.78, 5) is 32.7. The first kappa shape index (κ1) is 25.4. The van der Waals surface area contributed by atoms with Crippen LogP contribution < -0.4 is 10.7 Å². The van der Waals surface area contributed by atoms with Gasteiger partial charge < -0.3 is 10.2 Å². The van der Waals surface area contributed by atoms with Crippen LogP contribution in [0.4, 0.5) is 15.9 Å². The number of hydrogen-bond acceptors (Lipinski definition) is 4.